The minimum atomic E-state index is -0.195. The van der Waals surface area contributed by atoms with Gasteiger partial charge in [-0.2, -0.15) is 0 Å². The molecular weight excluding hydrogens is 452 g/mol. The zero-order valence-corrected chi connectivity index (χ0v) is 23.3. The van der Waals surface area contributed by atoms with Gasteiger partial charge in [0.1, 0.15) is 11.5 Å². The van der Waals surface area contributed by atoms with Crippen LogP contribution >= 0.6 is 0 Å². The van der Waals surface area contributed by atoms with Crippen LogP contribution in [0.2, 0.25) is 0 Å². The molecule has 0 heterocycles. The maximum atomic E-state index is 13.4. The highest BCUT2D eigenvalue weighted by molar-refractivity contribution is 5.98. The van der Waals surface area contributed by atoms with E-state index in [1.54, 1.807) is 26.3 Å². The summed E-state index contributed by atoms with van der Waals surface area (Å²) in [6.45, 7) is 12.4. The minimum absolute atomic E-state index is 0.000176. The molecule has 1 atom stereocenters. The topological polar surface area (TPSA) is 76.7 Å². The number of unbranched alkanes of at least 4 members (excludes halogenated alkanes) is 2. The van der Waals surface area contributed by atoms with Gasteiger partial charge in [-0.05, 0) is 60.9 Å². The van der Waals surface area contributed by atoms with Crippen LogP contribution in [-0.2, 0) is 10.2 Å². The molecule has 0 aliphatic rings. The molecule has 2 amide bonds. The van der Waals surface area contributed by atoms with Crippen LogP contribution in [0.15, 0.2) is 36.4 Å². The highest BCUT2D eigenvalue weighted by Crippen LogP contribution is 2.37. The van der Waals surface area contributed by atoms with Gasteiger partial charge in [-0.25, -0.2) is 0 Å². The standard InChI is InChI=1S/C30H44N2O4/c1-9-10-11-12-21(24-15-14-23(36-20(2)3)19-27(24)35-8)18-28(33)32-26-17-22(29(34)31-7)13-16-25(26)30(4,5)6/h13-17,19-21H,9-12,18H2,1-8H3,(H,31,34)(H,32,33). The summed E-state index contributed by atoms with van der Waals surface area (Å²) in [6, 6.07) is 11.4. The molecule has 0 aliphatic carbocycles. The van der Waals surface area contributed by atoms with E-state index in [0.717, 1.165) is 48.3 Å². The molecular formula is C30H44N2O4. The Morgan fingerprint density at radius 1 is 1.03 bits per heavy atom. The second-order valence-corrected chi connectivity index (χ2v) is 10.6. The number of methoxy groups -OCH3 is 1. The van der Waals surface area contributed by atoms with Gasteiger partial charge in [-0.15, -0.1) is 0 Å². The summed E-state index contributed by atoms with van der Waals surface area (Å²) in [4.78, 5) is 25.6. The summed E-state index contributed by atoms with van der Waals surface area (Å²) >= 11 is 0. The molecule has 2 rings (SSSR count). The molecule has 6 heteroatoms. The zero-order chi connectivity index (χ0) is 26.9. The molecule has 0 saturated carbocycles. The number of hydrogen-bond acceptors (Lipinski definition) is 4. The van der Waals surface area contributed by atoms with E-state index < -0.39 is 0 Å². The van der Waals surface area contributed by atoms with Gasteiger partial charge in [0.2, 0.25) is 5.91 Å². The third-order valence-corrected chi connectivity index (χ3v) is 6.20. The summed E-state index contributed by atoms with van der Waals surface area (Å²) in [5.41, 5.74) is 2.99. The Morgan fingerprint density at radius 3 is 2.33 bits per heavy atom. The van der Waals surface area contributed by atoms with E-state index in [1.807, 2.05) is 38.1 Å². The molecule has 0 aliphatic heterocycles. The number of rotatable bonds is 12. The summed E-state index contributed by atoms with van der Waals surface area (Å²) in [7, 11) is 3.26. The first-order chi connectivity index (χ1) is 17.0. The molecule has 2 N–H and O–H groups in total. The smallest absolute Gasteiger partial charge is 0.251 e. The lowest BCUT2D eigenvalue weighted by Crippen LogP contribution is -2.23. The summed E-state index contributed by atoms with van der Waals surface area (Å²) < 4.78 is 11.6. The van der Waals surface area contributed by atoms with Crippen molar-refractivity contribution in [3.05, 3.63) is 53.1 Å². The summed E-state index contributed by atoms with van der Waals surface area (Å²) in [6.07, 6.45) is 4.51. The van der Waals surface area contributed by atoms with Crippen LogP contribution in [0.4, 0.5) is 5.69 Å². The van der Waals surface area contributed by atoms with Gasteiger partial charge in [-0.1, -0.05) is 59.1 Å². The molecule has 2 aromatic carbocycles. The zero-order valence-electron chi connectivity index (χ0n) is 23.3. The summed E-state index contributed by atoms with van der Waals surface area (Å²) in [5, 5.41) is 5.77. The number of carbonyl (C=O) groups is 2. The number of ether oxygens (including phenoxy) is 2. The average molecular weight is 497 g/mol. The van der Waals surface area contributed by atoms with Crippen LogP contribution in [-0.4, -0.2) is 32.1 Å². The van der Waals surface area contributed by atoms with E-state index >= 15 is 0 Å². The number of benzene rings is 2. The Hall–Kier alpha value is -3.02. The maximum Gasteiger partial charge on any atom is 0.251 e. The van der Waals surface area contributed by atoms with Crippen molar-refractivity contribution in [2.24, 2.45) is 0 Å². The van der Waals surface area contributed by atoms with Crippen molar-refractivity contribution in [2.75, 3.05) is 19.5 Å². The molecule has 0 spiro atoms. The molecule has 0 radical (unpaired) electrons. The minimum Gasteiger partial charge on any atom is -0.496 e. The molecule has 0 fully saturated rings. The van der Waals surface area contributed by atoms with Gasteiger partial charge in [0.25, 0.3) is 5.91 Å². The lowest BCUT2D eigenvalue weighted by Gasteiger charge is -2.25. The predicted molar refractivity (Wildman–Crippen MR) is 147 cm³/mol. The molecule has 0 bridgehead atoms. The number of nitrogens with one attached hydrogen (secondary N) is 2. The molecule has 6 nitrogen and oxygen atoms in total. The first kappa shape index (κ1) is 29.2. The van der Waals surface area contributed by atoms with Crippen molar-refractivity contribution in [3.63, 3.8) is 0 Å². The first-order valence-electron chi connectivity index (χ1n) is 13.0. The van der Waals surface area contributed by atoms with Crippen molar-refractivity contribution in [1.29, 1.82) is 0 Å². The highest BCUT2D eigenvalue weighted by Gasteiger charge is 2.24. The van der Waals surface area contributed by atoms with Crippen molar-refractivity contribution < 1.29 is 19.1 Å². The molecule has 0 saturated heterocycles. The fourth-order valence-corrected chi connectivity index (χ4v) is 4.39. The van der Waals surface area contributed by atoms with E-state index in [2.05, 4.69) is 38.3 Å². The van der Waals surface area contributed by atoms with Crippen LogP contribution in [0, 0.1) is 0 Å². The maximum absolute atomic E-state index is 13.4. The monoisotopic (exact) mass is 496 g/mol. The number of hydrogen-bond donors (Lipinski definition) is 2. The van der Waals surface area contributed by atoms with Gasteiger partial charge < -0.3 is 20.1 Å². The Morgan fingerprint density at radius 2 is 1.75 bits per heavy atom. The third-order valence-electron chi connectivity index (χ3n) is 6.20. The Kier molecular flexibility index (Phi) is 10.8. The van der Waals surface area contributed by atoms with E-state index in [-0.39, 0.29) is 29.3 Å². The Labute approximate surface area is 217 Å². The Balaban J connectivity index is 2.36. The second kappa shape index (κ2) is 13.3. The van der Waals surface area contributed by atoms with Crippen molar-refractivity contribution in [1.82, 2.24) is 5.32 Å². The van der Waals surface area contributed by atoms with Crippen molar-refractivity contribution in [2.45, 2.75) is 91.1 Å². The van der Waals surface area contributed by atoms with Crippen LogP contribution in [0.3, 0.4) is 0 Å². The molecule has 1 unspecified atom stereocenters. The van der Waals surface area contributed by atoms with Gasteiger partial charge in [0.15, 0.2) is 0 Å². The van der Waals surface area contributed by atoms with Crippen LogP contribution in [0.25, 0.3) is 0 Å². The van der Waals surface area contributed by atoms with E-state index in [4.69, 9.17) is 9.47 Å². The van der Waals surface area contributed by atoms with Crippen LogP contribution < -0.4 is 20.1 Å². The van der Waals surface area contributed by atoms with Crippen LogP contribution in [0.5, 0.6) is 11.5 Å². The van der Waals surface area contributed by atoms with Crippen molar-refractivity contribution >= 4 is 17.5 Å². The summed E-state index contributed by atoms with van der Waals surface area (Å²) in [5.74, 6) is 1.22. The third kappa shape index (κ3) is 8.28. The fraction of sp³-hybridized carbons (Fsp3) is 0.533. The lowest BCUT2D eigenvalue weighted by atomic mass is 9.84. The number of anilines is 1. The van der Waals surface area contributed by atoms with Gasteiger partial charge in [0, 0.05) is 30.8 Å². The average Bonchev–Trinajstić information content (AvgIpc) is 2.81. The van der Waals surface area contributed by atoms with E-state index in [9.17, 15) is 9.59 Å². The quantitative estimate of drug-likeness (QED) is 0.316. The largest absolute Gasteiger partial charge is 0.496 e. The number of amides is 2. The van der Waals surface area contributed by atoms with E-state index in [1.165, 1.54) is 0 Å². The Bertz CT molecular complexity index is 1020. The molecule has 0 aromatic heterocycles. The lowest BCUT2D eigenvalue weighted by molar-refractivity contribution is -0.116. The number of carbonyl (C=O) groups excluding carboxylic acids is 2. The molecule has 2 aromatic rings. The predicted octanol–water partition coefficient (Wildman–Crippen LogP) is 6.83. The van der Waals surface area contributed by atoms with Gasteiger partial charge in [-0.3, -0.25) is 9.59 Å². The van der Waals surface area contributed by atoms with Gasteiger partial charge in [0.05, 0.1) is 13.2 Å². The first-order valence-corrected chi connectivity index (χ1v) is 13.0. The highest BCUT2D eigenvalue weighted by atomic mass is 16.5. The molecule has 198 valence electrons. The van der Waals surface area contributed by atoms with E-state index in [0.29, 0.717) is 17.7 Å². The fourth-order valence-electron chi connectivity index (χ4n) is 4.39. The second-order valence-electron chi connectivity index (χ2n) is 10.6. The van der Waals surface area contributed by atoms with Crippen LogP contribution in [0.1, 0.15) is 101 Å². The molecule has 36 heavy (non-hydrogen) atoms. The normalized spacial score (nSPS) is 12.2. The SMILES string of the molecule is CCCCCC(CC(=O)Nc1cc(C(=O)NC)ccc1C(C)(C)C)c1ccc(OC(C)C)cc1OC. The van der Waals surface area contributed by atoms with Gasteiger partial charge >= 0.3 is 0 Å². The van der Waals surface area contributed by atoms with Crippen molar-refractivity contribution in [3.8, 4) is 11.5 Å².